The van der Waals surface area contributed by atoms with Crippen LogP contribution < -0.4 is 5.32 Å². The predicted molar refractivity (Wildman–Crippen MR) is 128 cm³/mol. The number of hydrogen-bond donors (Lipinski definition) is 1. The highest BCUT2D eigenvalue weighted by molar-refractivity contribution is 5.76. The Morgan fingerprint density at radius 1 is 1.03 bits per heavy atom. The SMILES string of the molecule is CC(OC(=O)C(C)(C)C)N1C=C(c2ncccc2C(F)(F)F)C=C2N=NC(Nc3ccc(C(F)(F)F)cc3)N21. The number of esters is 1. The Kier molecular flexibility index (Phi) is 7.08. The van der Waals surface area contributed by atoms with Crippen LogP contribution in [0, 0.1) is 5.41 Å². The highest BCUT2D eigenvalue weighted by Crippen LogP contribution is 2.39. The summed E-state index contributed by atoms with van der Waals surface area (Å²) in [5.74, 6) is -0.482. The monoisotopic (exact) mass is 554 g/mol. The number of ether oxygens (including phenoxy) is 1. The highest BCUT2D eigenvalue weighted by Gasteiger charge is 2.40. The zero-order valence-electron chi connectivity index (χ0n) is 21.2. The molecule has 3 heterocycles. The number of nitrogens with one attached hydrogen (secondary N) is 1. The van der Waals surface area contributed by atoms with Crippen LogP contribution in [0.1, 0.15) is 44.5 Å². The summed E-state index contributed by atoms with van der Waals surface area (Å²) in [7, 11) is 0. The third kappa shape index (κ3) is 5.99. The Labute approximate surface area is 219 Å². The van der Waals surface area contributed by atoms with E-state index in [1.807, 2.05) is 0 Å². The lowest BCUT2D eigenvalue weighted by molar-refractivity contribution is -0.177. The molecule has 2 aliphatic rings. The summed E-state index contributed by atoms with van der Waals surface area (Å²) in [4.78, 5) is 16.5. The molecule has 1 N–H and O–H groups in total. The Balaban J connectivity index is 1.70. The minimum absolute atomic E-state index is 0.0296. The molecule has 0 spiro atoms. The van der Waals surface area contributed by atoms with E-state index in [4.69, 9.17) is 4.74 Å². The first-order valence-electron chi connectivity index (χ1n) is 11.6. The van der Waals surface area contributed by atoms with Crippen LogP contribution in [0.5, 0.6) is 0 Å². The molecule has 4 rings (SSSR count). The van der Waals surface area contributed by atoms with E-state index in [-0.39, 0.29) is 22.8 Å². The lowest BCUT2D eigenvalue weighted by Gasteiger charge is -2.41. The van der Waals surface area contributed by atoms with Crippen molar-refractivity contribution in [3.05, 3.63) is 77.5 Å². The molecule has 14 heteroatoms. The second-order valence-corrected chi connectivity index (χ2v) is 9.77. The fraction of sp³-hybridized carbons (Fsp3) is 0.360. The normalized spacial score (nSPS) is 18.4. The van der Waals surface area contributed by atoms with Gasteiger partial charge in [-0.15, -0.1) is 10.2 Å². The number of azo groups is 1. The summed E-state index contributed by atoms with van der Waals surface area (Å²) in [6.07, 6.45) is -7.40. The Morgan fingerprint density at radius 2 is 1.69 bits per heavy atom. The number of carbonyl (C=O) groups is 1. The number of benzene rings is 1. The van der Waals surface area contributed by atoms with E-state index in [1.54, 1.807) is 20.8 Å². The number of allylic oxidation sites excluding steroid dienone is 2. The van der Waals surface area contributed by atoms with Crippen molar-refractivity contribution < 1.29 is 35.9 Å². The molecule has 0 aliphatic carbocycles. The van der Waals surface area contributed by atoms with Gasteiger partial charge < -0.3 is 10.1 Å². The Bertz CT molecular complexity index is 1330. The van der Waals surface area contributed by atoms with Crippen LogP contribution in [-0.4, -0.2) is 33.5 Å². The van der Waals surface area contributed by atoms with Gasteiger partial charge in [0.15, 0.2) is 12.0 Å². The lowest BCUT2D eigenvalue weighted by atomic mass is 9.97. The van der Waals surface area contributed by atoms with Crippen molar-refractivity contribution in [3.63, 3.8) is 0 Å². The van der Waals surface area contributed by atoms with Crippen LogP contribution in [0.4, 0.5) is 32.0 Å². The first-order chi connectivity index (χ1) is 18.1. The molecule has 0 bridgehead atoms. The maximum Gasteiger partial charge on any atom is 0.418 e. The minimum Gasteiger partial charge on any atom is -0.440 e. The molecule has 39 heavy (non-hydrogen) atoms. The molecule has 2 atom stereocenters. The van der Waals surface area contributed by atoms with Gasteiger partial charge in [-0.3, -0.25) is 9.78 Å². The van der Waals surface area contributed by atoms with Crippen LogP contribution in [-0.2, 0) is 21.9 Å². The number of hydrogen-bond acceptors (Lipinski definition) is 8. The van der Waals surface area contributed by atoms with Gasteiger partial charge >= 0.3 is 18.3 Å². The van der Waals surface area contributed by atoms with Crippen molar-refractivity contribution in [3.8, 4) is 0 Å². The quantitative estimate of drug-likeness (QED) is 0.330. The van der Waals surface area contributed by atoms with Crippen LogP contribution in [0.3, 0.4) is 0 Å². The molecule has 2 aliphatic heterocycles. The minimum atomic E-state index is -4.70. The summed E-state index contributed by atoms with van der Waals surface area (Å²) in [6.45, 7) is 6.44. The number of halogens is 6. The second kappa shape index (κ2) is 9.89. The van der Waals surface area contributed by atoms with Crippen molar-refractivity contribution in [2.24, 2.45) is 15.6 Å². The standard InChI is InChI=1S/C25H24F6N6O2/c1-14(39-21(38)23(2,3)4)36-13-15(20-18(25(29,30)31)6-5-11-32-20)12-19-34-35-22(37(19)36)33-17-9-7-16(8-10-17)24(26,27)28/h5-14,22,33H,1-4H3. The fourth-order valence-electron chi connectivity index (χ4n) is 3.71. The van der Waals surface area contributed by atoms with Crippen molar-refractivity contribution in [2.45, 2.75) is 52.6 Å². The Hall–Kier alpha value is -4.10. The van der Waals surface area contributed by atoms with Crippen molar-refractivity contribution >= 4 is 17.2 Å². The summed E-state index contributed by atoms with van der Waals surface area (Å²) in [6, 6.07) is 6.27. The predicted octanol–water partition coefficient (Wildman–Crippen LogP) is 6.63. The lowest BCUT2D eigenvalue weighted by Crippen LogP contribution is -2.51. The molecular weight excluding hydrogens is 530 g/mol. The first kappa shape index (κ1) is 27.9. The van der Waals surface area contributed by atoms with Crippen LogP contribution in [0.25, 0.3) is 5.57 Å². The van der Waals surface area contributed by atoms with Crippen molar-refractivity contribution in [2.75, 3.05) is 5.32 Å². The molecule has 2 aromatic rings. The topological polar surface area (TPSA) is 82.4 Å². The number of carbonyl (C=O) groups excluding carboxylic acids is 1. The molecular formula is C25H24F6N6O2. The second-order valence-electron chi connectivity index (χ2n) is 9.77. The number of aromatic nitrogens is 1. The third-order valence-corrected chi connectivity index (χ3v) is 5.70. The molecule has 0 fully saturated rings. The molecule has 8 nitrogen and oxygen atoms in total. The molecule has 0 amide bonds. The van der Waals surface area contributed by atoms with E-state index < -0.39 is 47.4 Å². The molecule has 0 saturated heterocycles. The van der Waals surface area contributed by atoms with E-state index in [2.05, 4.69) is 20.5 Å². The van der Waals surface area contributed by atoms with Gasteiger partial charge in [0.25, 0.3) is 0 Å². The molecule has 1 aromatic heterocycles. The van der Waals surface area contributed by atoms with Gasteiger partial charge in [-0.05, 0) is 70.2 Å². The van der Waals surface area contributed by atoms with E-state index in [1.165, 1.54) is 53.6 Å². The average Bonchev–Trinajstić information content (AvgIpc) is 3.24. The Morgan fingerprint density at radius 3 is 2.28 bits per heavy atom. The summed E-state index contributed by atoms with van der Waals surface area (Å²) in [5, 5.41) is 13.8. The van der Waals surface area contributed by atoms with Crippen LogP contribution in [0.15, 0.2) is 70.9 Å². The molecule has 208 valence electrons. The zero-order valence-corrected chi connectivity index (χ0v) is 21.2. The van der Waals surface area contributed by atoms with Gasteiger partial charge in [0.05, 0.1) is 22.2 Å². The number of rotatable bonds is 5. The molecule has 0 radical (unpaired) electrons. The van der Waals surface area contributed by atoms with Gasteiger partial charge in [-0.1, -0.05) is 0 Å². The summed E-state index contributed by atoms with van der Waals surface area (Å²) >= 11 is 0. The summed E-state index contributed by atoms with van der Waals surface area (Å²) < 4.78 is 85.6. The zero-order chi connectivity index (χ0) is 28.8. The van der Waals surface area contributed by atoms with Crippen molar-refractivity contribution in [1.29, 1.82) is 0 Å². The first-order valence-corrected chi connectivity index (χ1v) is 11.6. The molecule has 0 saturated carbocycles. The van der Waals surface area contributed by atoms with E-state index in [0.29, 0.717) is 0 Å². The van der Waals surface area contributed by atoms with Crippen LogP contribution >= 0.6 is 0 Å². The molecule has 1 aromatic carbocycles. The smallest absolute Gasteiger partial charge is 0.418 e. The van der Waals surface area contributed by atoms with Gasteiger partial charge in [0.2, 0.25) is 6.29 Å². The number of alkyl halides is 6. The van der Waals surface area contributed by atoms with Gasteiger partial charge in [0.1, 0.15) is 0 Å². The fourth-order valence-corrected chi connectivity index (χ4v) is 3.71. The number of pyridine rings is 1. The van der Waals surface area contributed by atoms with Crippen LogP contribution in [0.2, 0.25) is 0 Å². The van der Waals surface area contributed by atoms with Gasteiger partial charge in [-0.2, -0.15) is 26.3 Å². The maximum absolute atomic E-state index is 13.7. The largest absolute Gasteiger partial charge is 0.440 e. The highest BCUT2D eigenvalue weighted by atomic mass is 19.4. The number of anilines is 1. The van der Waals surface area contributed by atoms with Gasteiger partial charge in [-0.25, -0.2) is 10.0 Å². The number of hydrazine groups is 1. The van der Waals surface area contributed by atoms with E-state index in [0.717, 1.165) is 18.2 Å². The number of nitrogens with zero attached hydrogens (tertiary/aromatic N) is 5. The van der Waals surface area contributed by atoms with E-state index in [9.17, 15) is 31.1 Å². The van der Waals surface area contributed by atoms with Crippen molar-refractivity contribution in [1.82, 2.24) is 15.0 Å². The maximum atomic E-state index is 13.7. The summed E-state index contributed by atoms with van der Waals surface area (Å²) in [5.41, 5.74) is -2.76. The molecule has 2 unspecified atom stereocenters. The van der Waals surface area contributed by atoms with E-state index >= 15 is 0 Å². The van der Waals surface area contributed by atoms with Gasteiger partial charge in [0, 0.05) is 23.7 Å². The average molecular weight is 554 g/mol. The number of fused-ring (bicyclic) bond motifs is 1. The third-order valence-electron chi connectivity index (χ3n) is 5.70.